The number of ether oxygens (including phenoxy) is 1. The molecule has 25 heavy (non-hydrogen) atoms. The van der Waals surface area contributed by atoms with E-state index in [9.17, 15) is 4.79 Å². The molecule has 0 aliphatic carbocycles. The van der Waals surface area contributed by atoms with Crippen LogP contribution in [0.15, 0.2) is 54.6 Å². The van der Waals surface area contributed by atoms with Crippen molar-refractivity contribution in [1.82, 2.24) is 4.90 Å². The Labute approximate surface area is 148 Å². The van der Waals surface area contributed by atoms with Gasteiger partial charge in [-0.15, -0.1) is 0 Å². The van der Waals surface area contributed by atoms with Gasteiger partial charge in [0.25, 0.3) is 5.91 Å². The molecule has 1 atom stereocenters. The van der Waals surface area contributed by atoms with Gasteiger partial charge in [0.05, 0.1) is 7.11 Å². The summed E-state index contributed by atoms with van der Waals surface area (Å²) < 4.78 is 5.18. The number of amides is 1. The summed E-state index contributed by atoms with van der Waals surface area (Å²) in [4.78, 5) is 14.7. The molecule has 1 unspecified atom stereocenters. The molecule has 128 valence electrons. The number of methoxy groups -OCH3 is 1. The molecule has 1 heterocycles. The first-order valence-corrected chi connectivity index (χ1v) is 8.52. The Morgan fingerprint density at radius 3 is 2.40 bits per heavy atom. The van der Waals surface area contributed by atoms with Gasteiger partial charge < -0.3 is 15.0 Å². The normalized spacial score (nSPS) is 14.4. The molecule has 0 bridgehead atoms. The van der Waals surface area contributed by atoms with Crippen LogP contribution in [0.4, 0.5) is 5.69 Å². The number of rotatable bonds is 4. The van der Waals surface area contributed by atoms with Crippen molar-refractivity contribution in [2.45, 2.75) is 18.9 Å². The second kappa shape index (κ2) is 8.25. The molecule has 1 saturated heterocycles. The van der Waals surface area contributed by atoms with Gasteiger partial charge in [0.1, 0.15) is 5.75 Å². The molecule has 4 nitrogen and oxygen atoms in total. The van der Waals surface area contributed by atoms with Crippen molar-refractivity contribution in [3.05, 3.63) is 60.2 Å². The number of hydrogen-bond donors (Lipinski definition) is 1. The van der Waals surface area contributed by atoms with Crippen molar-refractivity contribution in [3.8, 4) is 17.6 Å². The third-order valence-corrected chi connectivity index (χ3v) is 4.20. The highest BCUT2D eigenvalue weighted by Crippen LogP contribution is 2.17. The topological polar surface area (TPSA) is 41.6 Å². The molecule has 3 rings (SSSR count). The summed E-state index contributed by atoms with van der Waals surface area (Å²) in [5, 5.41) is 3.26. The van der Waals surface area contributed by atoms with Gasteiger partial charge in [0.2, 0.25) is 0 Å². The van der Waals surface area contributed by atoms with E-state index in [1.54, 1.807) is 7.11 Å². The van der Waals surface area contributed by atoms with E-state index in [2.05, 4.69) is 17.2 Å². The Hall–Kier alpha value is -2.93. The minimum absolute atomic E-state index is 0.0387. The molecule has 1 aliphatic heterocycles. The van der Waals surface area contributed by atoms with Crippen LogP contribution in [0, 0.1) is 11.8 Å². The third kappa shape index (κ3) is 4.54. The molecular weight excluding hydrogens is 312 g/mol. The van der Waals surface area contributed by atoms with E-state index in [1.165, 1.54) is 0 Å². The highest BCUT2D eigenvalue weighted by atomic mass is 16.5. The predicted molar refractivity (Wildman–Crippen MR) is 99.5 cm³/mol. The van der Waals surface area contributed by atoms with Crippen molar-refractivity contribution >= 4 is 11.6 Å². The summed E-state index contributed by atoms with van der Waals surface area (Å²) in [5.74, 6) is 7.03. The fourth-order valence-corrected chi connectivity index (χ4v) is 2.81. The lowest BCUT2D eigenvalue weighted by Crippen LogP contribution is -2.40. The third-order valence-electron chi connectivity index (χ3n) is 4.20. The molecule has 1 N–H and O–H groups in total. The van der Waals surface area contributed by atoms with Crippen LogP contribution in [-0.2, 0) is 4.79 Å². The average Bonchev–Trinajstić information content (AvgIpc) is 3.20. The van der Waals surface area contributed by atoms with Gasteiger partial charge in [-0.2, -0.15) is 0 Å². The van der Waals surface area contributed by atoms with Crippen LogP contribution in [0.5, 0.6) is 5.75 Å². The van der Waals surface area contributed by atoms with Crippen LogP contribution < -0.4 is 10.1 Å². The second-order valence-electron chi connectivity index (χ2n) is 5.97. The summed E-state index contributed by atoms with van der Waals surface area (Å²) in [6.07, 6.45) is 2.13. The van der Waals surface area contributed by atoms with Crippen LogP contribution in [0.25, 0.3) is 0 Å². The molecule has 1 aliphatic rings. The summed E-state index contributed by atoms with van der Waals surface area (Å²) in [6, 6.07) is 16.7. The van der Waals surface area contributed by atoms with Crippen molar-refractivity contribution < 1.29 is 9.53 Å². The van der Waals surface area contributed by atoms with E-state index in [1.807, 2.05) is 59.5 Å². The summed E-state index contributed by atoms with van der Waals surface area (Å²) in [7, 11) is 1.63. The molecule has 2 aromatic rings. The van der Waals surface area contributed by atoms with Gasteiger partial charge in [-0.25, -0.2) is 0 Å². The predicted octanol–water partition coefficient (Wildman–Crippen LogP) is 3.15. The van der Waals surface area contributed by atoms with Gasteiger partial charge in [-0.1, -0.05) is 30.0 Å². The number of anilines is 1. The number of benzene rings is 2. The van der Waals surface area contributed by atoms with Crippen molar-refractivity contribution in [2.24, 2.45) is 0 Å². The molecule has 0 aromatic heterocycles. The second-order valence-corrected chi connectivity index (χ2v) is 5.97. The zero-order valence-electron chi connectivity index (χ0n) is 14.4. The van der Waals surface area contributed by atoms with E-state index >= 15 is 0 Å². The van der Waals surface area contributed by atoms with E-state index in [4.69, 9.17) is 4.74 Å². The lowest BCUT2D eigenvalue weighted by atomic mass is 10.2. The smallest absolute Gasteiger partial charge is 0.257 e. The maximum absolute atomic E-state index is 12.8. The minimum atomic E-state index is -0.563. The molecule has 4 heteroatoms. The first kappa shape index (κ1) is 16.9. The van der Waals surface area contributed by atoms with E-state index in [0.29, 0.717) is 0 Å². The molecular formula is C21H22N2O2. The Bertz CT molecular complexity index is 754. The van der Waals surface area contributed by atoms with Crippen LogP contribution in [-0.4, -0.2) is 37.0 Å². The highest BCUT2D eigenvalue weighted by molar-refractivity contribution is 5.88. The number of nitrogens with zero attached hydrogens (tertiary/aromatic N) is 1. The van der Waals surface area contributed by atoms with Gasteiger partial charge in [0.15, 0.2) is 6.04 Å². The SMILES string of the molecule is COc1ccc(NC(C#Cc2ccccc2)C(=O)N2CCCC2)cc1. The average molecular weight is 334 g/mol. The number of likely N-dealkylation sites (tertiary alicyclic amines) is 1. The van der Waals surface area contributed by atoms with Crippen molar-refractivity contribution in [1.29, 1.82) is 0 Å². The van der Waals surface area contributed by atoms with E-state index < -0.39 is 6.04 Å². The van der Waals surface area contributed by atoms with E-state index in [-0.39, 0.29) is 5.91 Å². The number of carbonyl (C=O) groups excluding carboxylic acids is 1. The van der Waals surface area contributed by atoms with Gasteiger partial charge in [-0.05, 0) is 49.2 Å². The lowest BCUT2D eigenvalue weighted by molar-refractivity contribution is -0.129. The Morgan fingerprint density at radius 2 is 1.76 bits per heavy atom. The van der Waals surface area contributed by atoms with Crippen molar-refractivity contribution in [2.75, 3.05) is 25.5 Å². The number of hydrogen-bond acceptors (Lipinski definition) is 3. The van der Waals surface area contributed by atoms with Gasteiger partial charge in [-0.3, -0.25) is 4.79 Å². The van der Waals surface area contributed by atoms with Gasteiger partial charge in [0, 0.05) is 24.3 Å². The van der Waals surface area contributed by atoms with Crippen LogP contribution >= 0.6 is 0 Å². The van der Waals surface area contributed by atoms with Crippen LogP contribution in [0.3, 0.4) is 0 Å². The summed E-state index contributed by atoms with van der Waals surface area (Å²) in [5.41, 5.74) is 1.75. The zero-order chi connectivity index (χ0) is 17.5. The van der Waals surface area contributed by atoms with Gasteiger partial charge >= 0.3 is 0 Å². The highest BCUT2D eigenvalue weighted by Gasteiger charge is 2.25. The number of nitrogens with one attached hydrogen (secondary N) is 1. The summed E-state index contributed by atoms with van der Waals surface area (Å²) >= 11 is 0. The zero-order valence-corrected chi connectivity index (χ0v) is 14.4. The maximum atomic E-state index is 12.8. The molecule has 0 radical (unpaired) electrons. The molecule has 1 amide bonds. The van der Waals surface area contributed by atoms with Crippen molar-refractivity contribution in [3.63, 3.8) is 0 Å². The monoisotopic (exact) mass is 334 g/mol. The minimum Gasteiger partial charge on any atom is -0.497 e. The standard InChI is InChI=1S/C21H22N2O2/c1-25-19-12-10-18(11-13-19)22-20(21(24)23-15-5-6-16-23)14-9-17-7-3-2-4-8-17/h2-4,7-8,10-13,20,22H,5-6,15-16H2,1H3. The summed E-state index contributed by atoms with van der Waals surface area (Å²) in [6.45, 7) is 1.62. The quantitative estimate of drug-likeness (QED) is 0.874. The number of carbonyl (C=O) groups is 1. The Morgan fingerprint density at radius 1 is 1.08 bits per heavy atom. The molecule has 2 aromatic carbocycles. The Kier molecular flexibility index (Phi) is 5.58. The molecule has 0 spiro atoms. The lowest BCUT2D eigenvalue weighted by Gasteiger charge is -2.21. The first-order chi connectivity index (χ1) is 12.3. The molecule has 0 saturated carbocycles. The fraction of sp³-hybridized carbons (Fsp3) is 0.286. The molecule has 1 fully saturated rings. The van der Waals surface area contributed by atoms with E-state index in [0.717, 1.165) is 42.9 Å². The largest absolute Gasteiger partial charge is 0.497 e. The maximum Gasteiger partial charge on any atom is 0.257 e. The Balaban J connectivity index is 1.80. The first-order valence-electron chi connectivity index (χ1n) is 8.52. The van der Waals surface area contributed by atoms with Crippen LogP contribution in [0.2, 0.25) is 0 Å². The fourth-order valence-electron chi connectivity index (χ4n) is 2.81. The van der Waals surface area contributed by atoms with Crippen LogP contribution in [0.1, 0.15) is 18.4 Å².